The molecule has 0 radical (unpaired) electrons. The van der Waals surface area contributed by atoms with Gasteiger partial charge in [0.05, 0.1) is 5.56 Å². The molecule has 2 amide bonds. The van der Waals surface area contributed by atoms with Crippen LogP contribution in [0.1, 0.15) is 20.8 Å². The van der Waals surface area contributed by atoms with Crippen molar-refractivity contribution in [3.05, 3.63) is 46.7 Å². The van der Waals surface area contributed by atoms with Crippen LogP contribution in [0.4, 0.5) is 9.52 Å². The van der Waals surface area contributed by atoms with Gasteiger partial charge < -0.3 is 9.80 Å². The van der Waals surface area contributed by atoms with Gasteiger partial charge in [0.2, 0.25) is 0 Å². The Morgan fingerprint density at radius 2 is 1.93 bits per heavy atom. The number of halogens is 1. The molecule has 2 heterocycles. The number of likely N-dealkylation sites (N-methyl/N-ethyl adjacent to an activating group) is 1. The third-order valence-electron chi connectivity index (χ3n) is 4.59. The first-order valence-corrected chi connectivity index (χ1v) is 10.00. The molecule has 7 nitrogen and oxygen atoms in total. The van der Waals surface area contributed by atoms with Crippen LogP contribution in [0, 0.1) is 5.82 Å². The zero-order valence-corrected chi connectivity index (χ0v) is 16.8. The lowest BCUT2D eigenvalue weighted by atomic mass is 10.2. The number of amides is 2. The number of nitrogens with zero attached hydrogens (tertiary/aromatic N) is 4. The number of thiazole rings is 1. The molecular formula is C19H24FN5O2S. The molecule has 0 unspecified atom stereocenters. The second-order valence-corrected chi connectivity index (χ2v) is 7.77. The molecule has 0 spiro atoms. The number of aromatic nitrogens is 1. The van der Waals surface area contributed by atoms with Gasteiger partial charge in [-0.2, -0.15) is 0 Å². The molecular weight excluding hydrogens is 381 g/mol. The van der Waals surface area contributed by atoms with Crippen molar-refractivity contribution in [3.8, 4) is 0 Å². The van der Waals surface area contributed by atoms with Gasteiger partial charge in [-0.15, -0.1) is 11.3 Å². The van der Waals surface area contributed by atoms with E-state index >= 15 is 0 Å². The third kappa shape index (κ3) is 5.12. The van der Waals surface area contributed by atoms with E-state index in [4.69, 9.17) is 0 Å². The van der Waals surface area contributed by atoms with E-state index in [9.17, 15) is 14.0 Å². The highest BCUT2D eigenvalue weighted by atomic mass is 32.1. The Morgan fingerprint density at radius 1 is 1.21 bits per heavy atom. The van der Waals surface area contributed by atoms with E-state index < -0.39 is 11.7 Å². The lowest BCUT2D eigenvalue weighted by Gasteiger charge is -2.34. The fraction of sp³-hybridized carbons (Fsp3) is 0.421. The highest BCUT2D eigenvalue weighted by molar-refractivity contribution is 7.14. The number of anilines is 1. The number of piperazine rings is 1. The molecule has 0 bridgehead atoms. The largest absolute Gasteiger partial charge is 0.335 e. The van der Waals surface area contributed by atoms with E-state index in [1.807, 2.05) is 14.1 Å². The molecule has 1 aliphatic rings. The normalized spacial score (nSPS) is 15.1. The van der Waals surface area contributed by atoms with Gasteiger partial charge in [-0.3, -0.25) is 19.8 Å². The Hall–Kier alpha value is -2.36. The van der Waals surface area contributed by atoms with E-state index in [-0.39, 0.29) is 16.6 Å². The summed E-state index contributed by atoms with van der Waals surface area (Å²) in [4.78, 5) is 35.3. The molecule has 2 aromatic rings. The minimum absolute atomic E-state index is 0.0561. The average molecular weight is 405 g/mol. The number of carbonyl (C=O) groups is 2. The number of rotatable bonds is 6. The molecule has 1 aliphatic heterocycles. The SMILES string of the molecule is CN(C)CCN1CCN(C(=O)c2csc(NC(=O)c3ccccc3F)n2)CC1. The number of hydrogen-bond acceptors (Lipinski definition) is 6. The minimum atomic E-state index is -0.597. The Morgan fingerprint density at radius 3 is 2.61 bits per heavy atom. The molecule has 3 rings (SSSR count). The van der Waals surface area contributed by atoms with Gasteiger partial charge in [0.1, 0.15) is 11.5 Å². The summed E-state index contributed by atoms with van der Waals surface area (Å²) in [6.45, 7) is 4.95. The van der Waals surface area contributed by atoms with Crippen molar-refractivity contribution in [2.24, 2.45) is 0 Å². The van der Waals surface area contributed by atoms with E-state index in [1.165, 1.54) is 18.2 Å². The maximum absolute atomic E-state index is 13.7. The zero-order chi connectivity index (χ0) is 20.1. The van der Waals surface area contributed by atoms with Crippen molar-refractivity contribution in [1.82, 2.24) is 19.7 Å². The molecule has 150 valence electrons. The Bertz CT molecular complexity index is 833. The number of nitrogens with one attached hydrogen (secondary N) is 1. The minimum Gasteiger partial charge on any atom is -0.335 e. The van der Waals surface area contributed by atoms with Crippen LogP contribution in [0.15, 0.2) is 29.6 Å². The molecule has 28 heavy (non-hydrogen) atoms. The quantitative estimate of drug-likeness (QED) is 0.795. The summed E-state index contributed by atoms with van der Waals surface area (Å²) in [6.07, 6.45) is 0. The van der Waals surface area contributed by atoms with Crippen molar-refractivity contribution in [1.29, 1.82) is 0 Å². The smallest absolute Gasteiger partial charge is 0.273 e. The lowest BCUT2D eigenvalue weighted by molar-refractivity contribution is 0.0624. The summed E-state index contributed by atoms with van der Waals surface area (Å²) in [7, 11) is 4.09. The Labute approximate surface area is 167 Å². The van der Waals surface area contributed by atoms with Crippen LogP contribution >= 0.6 is 11.3 Å². The van der Waals surface area contributed by atoms with Gasteiger partial charge in [-0.25, -0.2) is 9.37 Å². The predicted molar refractivity (Wildman–Crippen MR) is 107 cm³/mol. The first kappa shape index (κ1) is 20.4. The molecule has 1 fully saturated rings. The van der Waals surface area contributed by atoms with Crippen LogP contribution in [-0.4, -0.2) is 84.9 Å². The maximum Gasteiger partial charge on any atom is 0.273 e. The molecule has 0 saturated carbocycles. The van der Waals surface area contributed by atoms with Crippen molar-refractivity contribution >= 4 is 28.3 Å². The molecule has 0 aliphatic carbocycles. The number of carbonyl (C=O) groups excluding carboxylic acids is 2. The van der Waals surface area contributed by atoms with Crippen molar-refractivity contribution in [2.45, 2.75) is 0 Å². The molecule has 1 N–H and O–H groups in total. The Kier molecular flexibility index (Phi) is 6.71. The van der Waals surface area contributed by atoms with Crippen LogP contribution in [0.3, 0.4) is 0 Å². The molecule has 9 heteroatoms. The van der Waals surface area contributed by atoms with Crippen LogP contribution in [0.2, 0.25) is 0 Å². The molecule has 0 atom stereocenters. The fourth-order valence-electron chi connectivity index (χ4n) is 2.92. The first-order chi connectivity index (χ1) is 13.4. The number of benzene rings is 1. The fourth-order valence-corrected chi connectivity index (χ4v) is 3.60. The first-order valence-electron chi connectivity index (χ1n) is 9.12. The van der Waals surface area contributed by atoms with Crippen LogP contribution in [0.25, 0.3) is 0 Å². The second kappa shape index (κ2) is 9.22. The van der Waals surface area contributed by atoms with Gasteiger partial charge >= 0.3 is 0 Å². The van der Waals surface area contributed by atoms with E-state index in [0.29, 0.717) is 18.8 Å². The molecule has 1 aromatic carbocycles. The summed E-state index contributed by atoms with van der Waals surface area (Å²) >= 11 is 1.15. The van der Waals surface area contributed by atoms with Gasteiger partial charge in [0.25, 0.3) is 11.8 Å². The number of hydrogen-bond donors (Lipinski definition) is 1. The van der Waals surface area contributed by atoms with Crippen LogP contribution in [-0.2, 0) is 0 Å². The van der Waals surface area contributed by atoms with Gasteiger partial charge in [-0.1, -0.05) is 12.1 Å². The Balaban J connectivity index is 1.55. The monoisotopic (exact) mass is 405 g/mol. The summed E-state index contributed by atoms with van der Waals surface area (Å²) in [5.74, 6) is -1.32. The standard InChI is InChI=1S/C19H24FN5O2S/c1-23(2)7-8-24-9-11-25(12-10-24)18(27)16-13-28-19(21-16)22-17(26)14-5-3-4-6-15(14)20/h3-6,13H,7-12H2,1-2H3,(H,21,22,26). The van der Waals surface area contributed by atoms with Crippen molar-refractivity contribution < 1.29 is 14.0 Å². The van der Waals surface area contributed by atoms with Gasteiger partial charge in [0, 0.05) is 44.6 Å². The zero-order valence-electron chi connectivity index (χ0n) is 16.0. The summed E-state index contributed by atoms with van der Waals surface area (Å²) in [5.41, 5.74) is 0.245. The summed E-state index contributed by atoms with van der Waals surface area (Å²) in [6, 6.07) is 5.74. The van der Waals surface area contributed by atoms with Crippen LogP contribution < -0.4 is 5.32 Å². The van der Waals surface area contributed by atoms with E-state index in [1.54, 1.807) is 16.3 Å². The van der Waals surface area contributed by atoms with Crippen molar-refractivity contribution in [3.63, 3.8) is 0 Å². The average Bonchev–Trinajstić information content (AvgIpc) is 3.15. The predicted octanol–water partition coefficient (Wildman–Crippen LogP) is 1.85. The third-order valence-corrected chi connectivity index (χ3v) is 5.34. The second-order valence-electron chi connectivity index (χ2n) is 6.91. The highest BCUT2D eigenvalue weighted by Gasteiger charge is 2.24. The summed E-state index contributed by atoms with van der Waals surface area (Å²) < 4.78 is 13.7. The van der Waals surface area contributed by atoms with Crippen LogP contribution in [0.5, 0.6) is 0 Å². The maximum atomic E-state index is 13.7. The molecule has 1 saturated heterocycles. The van der Waals surface area contributed by atoms with Gasteiger partial charge in [-0.05, 0) is 26.2 Å². The van der Waals surface area contributed by atoms with Crippen molar-refractivity contribution in [2.75, 3.05) is 58.7 Å². The highest BCUT2D eigenvalue weighted by Crippen LogP contribution is 2.19. The van der Waals surface area contributed by atoms with Gasteiger partial charge in [0.15, 0.2) is 5.13 Å². The molecule has 1 aromatic heterocycles. The summed E-state index contributed by atoms with van der Waals surface area (Å²) in [5, 5.41) is 4.46. The topological polar surface area (TPSA) is 68.8 Å². The lowest BCUT2D eigenvalue weighted by Crippen LogP contribution is -2.50. The van der Waals surface area contributed by atoms with E-state index in [0.717, 1.165) is 37.5 Å². The van der Waals surface area contributed by atoms with E-state index in [2.05, 4.69) is 20.1 Å².